The van der Waals surface area contributed by atoms with Gasteiger partial charge in [0, 0.05) is 37.8 Å². The molecule has 0 saturated carbocycles. The van der Waals surface area contributed by atoms with E-state index in [1.807, 2.05) is 13.0 Å². The first-order valence-electron chi connectivity index (χ1n) is 8.98. The summed E-state index contributed by atoms with van der Waals surface area (Å²) in [5.74, 6) is 0.989. The highest BCUT2D eigenvalue weighted by molar-refractivity contribution is 5.85. The summed E-state index contributed by atoms with van der Waals surface area (Å²) < 4.78 is 7.13. The Bertz CT molecular complexity index is 1030. The van der Waals surface area contributed by atoms with E-state index in [0.29, 0.717) is 17.3 Å². The van der Waals surface area contributed by atoms with Gasteiger partial charge in [0.1, 0.15) is 17.6 Å². The van der Waals surface area contributed by atoms with Crippen molar-refractivity contribution in [2.75, 3.05) is 25.2 Å². The quantitative estimate of drug-likeness (QED) is 0.770. The third kappa shape index (κ3) is 3.09. The van der Waals surface area contributed by atoms with Gasteiger partial charge < -0.3 is 14.7 Å². The minimum atomic E-state index is 0.0918. The molecule has 7 heteroatoms. The van der Waals surface area contributed by atoms with E-state index in [9.17, 15) is 10.4 Å². The van der Waals surface area contributed by atoms with Gasteiger partial charge in [0.2, 0.25) is 0 Å². The molecule has 7 nitrogen and oxygen atoms in total. The van der Waals surface area contributed by atoms with E-state index in [2.05, 4.69) is 28.1 Å². The third-order valence-corrected chi connectivity index (χ3v) is 5.17. The molecule has 1 aromatic carbocycles. The van der Waals surface area contributed by atoms with E-state index < -0.39 is 0 Å². The molecule has 0 atom stereocenters. The molecule has 3 aromatic rings. The van der Waals surface area contributed by atoms with E-state index >= 15 is 0 Å². The number of pyridine rings is 1. The monoisotopic (exact) mass is 363 g/mol. The number of fused-ring (bicyclic) bond motifs is 1. The average Bonchev–Trinajstić information content (AvgIpc) is 3.04. The van der Waals surface area contributed by atoms with Crippen molar-refractivity contribution >= 4 is 16.7 Å². The number of rotatable bonds is 3. The van der Waals surface area contributed by atoms with Crippen molar-refractivity contribution in [3.05, 3.63) is 41.7 Å². The van der Waals surface area contributed by atoms with Crippen LogP contribution in [0.3, 0.4) is 0 Å². The maximum atomic E-state index is 9.85. The highest BCUT2D eigenvalue weighted by atomic mass is 16.5. The molecule has 1 saturated heterocycles. The summed E-state index contributed by atoms with van der Waals surface area (Å²) in [6, 6.07) is 9.25. The zero-order valence-electron chi connectivity index (χ0n) is 15.4. The van der Waals surface area contributed by atoms with Gasteiger partial charge in [-0.25, -0.2) is 9.67 Å². The molecule has 3 heterocycles. The minimum Gasteiger partial charge on any atom is -0.508 e. The molecule has 0 bridgehead atoms. The van der Waals surface area contributed by atoms with Crippen LogP contribution in [-0.2, 0) is 4.74 Å². The van der Waals surface area contributed by atoms with E-state index in [0.717, 1.165) is 48.5 Å². The van der Waals surface area contributed by atoms with Gasteiger partial charge in [-0.05, 0) is 38.0 Å². The number of anilines is 1. The molecular formula is C20H21N5O2. The second kappa shape index (κ2) is 6.89. The summed E-state index contributed by atoms with van der Waals surface area (Å²) >= 11 is 0. The number of aromatic nitrogens is 3. The van der Waals surface area contributed by atoms with E-state index in [4.69, 9.17) is 4.74 Å². The number of nitrogens with zero attached hydrogens (tertiary/aromatic N) is 5. The molecule has 0 radical (unpaired) electrons. The number of phenols is 1. The fraction of sp³-hybridized carbons (Fsp3) is 0.350. The van der Waals surface area contributed by atoms with Crippen LogP contribution in [0.15, 0.2) is 30.5 Å². The first-order valence-corrected chi connectivity index (χ1v) is 8.98. The van der Waals surface area contributed by atoms with Crippen LogP contribution in [0.5, 0.6) is 5.75 Å². The molecule has 0 spiro atoms. The normalized spacial score (nSPS) is 15.0. The Hall–Kier alpha value is -3.11. The van der Waals surface area contributed by atoms with Crippen LogP contribution in [0.4, 0.5) is 5.82 Å². The van der Waals surface area contributed by atoms with E-state index in [1.54, 1.807) is 23.0 Å². The topological polar surface area (TPSA) is 87.2 Å². The highest BCUT2D eigenvalue weighted by Crippen LogP contribution is 2.29. The Kier molecular flexibility index (Phi) is 4.42. The van der Waals surface area contributed by atoms with Gasteiger partial charge in [0.15, 0.2) is 0 Å². The Morgan fingerprint density at radius 3 is 2.81 bits per heavy atom. The summed E-state index contributed by atoms with van der Waals surface area (Å²) in [4.78, 5) is 6.84. The maximum Gasteiger partial charge on any atom is 0.129 e. The van der Waals surface area contributed by atoms with Gasteiger partial charge in [-0.2, -0.15) is 10.4 Å². The fourth-order valence-electron chi connectivity index (χ4n) is 3.58. The zero-order chi connectivity index (χ0) is 19.0. The Labute approximate surface area is 157 Å². The number of ether oxygens (including phenoxy) is 1. The summed E-state index contributed by atoms with van der Waals surface area (Å²) in [7, 11) is 2.06. The maximum absolute atomic E-state index is 9.85. The molecule has 0 amide bonds. The van der Waals surface area contributed by atoms with Crippen LogP contribution < -0.4 is 4.90 Å². The van der Waals surface area contributed by atoms with Crippen molar-refractivity contribution in [3.8, 4) is 17.5 Å². The molecule has 1 fully saturated rings. The largest absolute Gasteiger partial charge is 0.508 e. The Balaban J connectivity index is 1.78. The summed E-state index contributed by atoms with van der Waals surface area (Å²) in [5, 5.41) is 24.8. The molecule has 2 aromatic heterocycles. The first kappa shape index (κ1) is 17.3. The number of hydrogen-bond acceptors (Lipinski definition) is 6. The van der Waals surface area contributed by atoms with Crippen LogP contribution in [0.1, 0.15) is 24.1 Å². The molecular weight excluding hydrogens is 342 g/mol. The lowest BCUT2D eigenvalue weighted by atomic mass is 10.1. The van der Waals surface area contributed by atoms with Crippen molar-refractivity contribution in [2.24, 2.45) is 0 Å². The van der Waals surface area contributed by atoms with Crippen molar-refractivity contribution < 1.29 is 9.84 Å². The lowest BCUT2D eigenvalue weighted by molar-refractivity contribution is 0.0853. The van der Waals surface area contributed by atoms with Gasteiger partial charge in [0.25, 0.3) is 0 Å². The number of phenolic OH excluding ortho intramolecular Hbond substituents is 1. The predicted octanol–water partition coefficient (Wildman–Crippen LogP) is 2.92. The van der Waals surface area contributed by atoms with Crippen LogP contribution in [0.2, 0.25) is 0 Å². The number of hydrogen-bond donors (Lipinski definition) is 1. The van der Waals surface area contributed by atoms with Crippen LogP contribution in [0, 0.1) is 18.3 Å². The molecule has 1 aliphatic heterocycles. The molecule has 1 N–H and O–H groups in total. The predicted molar refractivity (Wildman–Crippen MR) is 102 cm³/mol. The number of benzene rings is 1. The minimum absolute atomic E-state index is 0.0918. The Morgan fingerprint density at radius 1 is 1.30 bits per heavy atom. The van der Waals surface area contributed by atoms with Crippen LogP contribution >= 0.6 is 0 Å². The van der Waals surface area contributed by atoms with Crippen LogP contribution in [-0.4, -0.2) is 46.2 Å². The SMILES string of the molecule is Cc1nn(-c2cc(O)ccc2C#N)c2cnc(N(C)C3CCOCC3)cc12. The first-order chi connectivity index (χ1) is 13.1. The van der Waals surface area contributed by atoms with Crippen molar-refractivity contribution in [1.82, 2.24) is 14.8 Å². The summed E-state index contributed by atoms with van der Waals surface area (Å²) in [6.07, 6.45) is 3.76. The molecule has 4 rings (SSSR count). The highest BCUT2D eigenvalue weighted by Gasteiger charge is 2.21. The second-order valence-corrected chi connectivity index (χ2v) is 6.82. The molecule has 27 heavy (non-hydrogen) atoms. The Morgan fingerprint density at radius 2 is 2.07 bits per heavy atom. The smallest absolute Gasteiger partial charge is 0.129 e. The fourth-order valence-corrected chi connectivity index (χ4v) is 3.58. The van der Waals surface area contributed by atoms with Gasteiger partial charge in [-0.1, -0.05) is 0 Å². The standard InChI is InChI=1S/C20H21N5O2/c1-13-17-10-20(24(2)15-5-7-27-8-6-15)22-12-19(17)25(23-13)18-9-16(26)4-3-14(18)11-21/h3-4,9-10,12,15,26H,5-8H2,1-2H3. The van der Waals surface area contributed by atoms with Gasteiger partial charge in [0.05, 0.1) is 28.7 Å². The second-order valence-electron chi connectivity index (χ2n) is 6.82. The average molecular weight is 363 g/mol. The molecule has 0 aliphatic carbocycles. The van der Waals surface area contributed by atoms with Gasteiger partial charge in [-0.3, -0.25) is 0 Å². The number of aromatic hydroxyl groups is 1. The van der Waals surface area contributed by atoms with Crippen molar-refractivity contribution in [3.63, 3.8) is 0 Å². The number of nitriles is 1. The number of aryl methyl sites for hydroxylation is 1. The third-order valence-electron chi connectivity index (χ3n) is 5.17. The van der Waals surface area contributed by atoms with Gasteiger partial charge >= 0.3 is 0 Å². The van der Waals surface area contributed by atoms with Gasteiger partial charge in [-0.15, -0.1) is 0 Å². The molecule has 1 aliphatic rings. The van der Waals surface area contributed by atoms with E-state index in [-0.39, 0.29) is 5.75 Å². The van der Waals surface area contributed by atoms with E-state index in [1.165, 1.54) is 6.07 Å². The summed E-state index contributed by atoms with van der Waals surface area (Å²) in [6.45, 7) is 3.50. The molecule has 138 valence electrons. The van der Waals surface area contributed by atoms with Crippen LogP contribution in [0.25, 0.3) is 16.6 Å². The van der Waals surface area contributed by atoms with Crippen molar-refractivity contribution in [1.29, 1.82) is 5.26 Å². The lowest BCUT2D eigenvalue weighted by Crippen LogP contribution is -2.37. The summed E-state index contributed by atoms with van der Waals surface area (Å²) in [5.41, 5.74) is 2.64. The lowest BCUT2D eigenvalue weighted by Gasteiger charge is -2.32. The van der Waals surface area contributed by atoms with Crippen molar-refractivity contribution in [2.45, 2.75) is 25.8 Å². The molecule has 0 unspecified atom stereocenters. The zero-order valence-corrected chi connectivity index (χ0v) is 15.4.